The SMILES string of the molecule is CC(C)NC(=NC1CCC(=O)NC1)NN. The van der Waals surface area contributed by atoms with Gasteiger partial charge in [0, 0.05) is 19.0 Å². The number of rotatable bonds is 2. The summed E-state index contributed by atoms with van der Waals surface area (Å²) in [5.74, 6) is 6.01. The van der Waals surface area contributed by atoms with Crippen molar-refractivity contribution in [3.05, 3.63) is 0 Å². The lowest BCUT2D eigenvalue weighted by Crippen LogP contribution is -2.47. The molecule has 1 fully saturated rings. The molecule has 86 valence electrons. The number of guanidine groups is 1. The van der Waals surface area contributed by atoms with Crippen molar-refractivity contribution in [3.8, 4) is 0 Å². The predicted octanol–water partition coefficient (Wildman–Crippen LogP) is -0.918. The summed E-state index contributed by atoms with van der Waals surface area (Å²) in [6.45, 7) is 4.61. The Labute approximate surface area is 89.7 Å². The quantitative estimate of drug-likeness (QED) is 0.207. The highest BCUT2D eigenvalue weighted by molar-refractivity contribution is 5.80. The van der Waals surface area contributed by atoms with Gasteiger partial charge in [-0.1, -0.05) is 0 Å². The van der Waals surface area contributed by atoms with Crippen molar-refractivity contribution in [3.63, 3.8) is 0 Å². The maximum absolute atomic E-state index is 10.9. The van der Waals surface area contributed by atoms with Crippen LogP contribution in [-0.2, 0) is 4.79 Å². The van der Waals surface area contributed by atoms with Gasteiger partial charge in [0.1, 0.15) is 0 Å². The van der Waals surface area contributed by atoms with Gasteiger partial charge >= 0.3 is 0 Å². The Balaban J connectivity index is 2.48. The summed E-state index contributed by atoms with van der Waals surface area (Å²) in [7, 11) is 0. The Hall–Kier alpha value is -1.30. The Morgan fingerprint density at radius 2 is 2.40 bits per heavy atom. The van der Waals surface area contributed by atoms with Crippen molar-refractivity contribution in [1.82, 2.24) is 16.1 Å². The zero-order chi connectivity index (χ0) is 11.3. The number of aliphatic imine (C=N–C) groups is 1. The van der Waals surface area contributed by atoms with E-state index in [1.165, 1.54) is 0 Å². The highest BCUT2D eigenvalue weighted by Gasteiger charge is 2.17. The Morgan fingerprint density at radius 3 is 2.87 bits per heavy atom. The van der Waals surface area contributed by atoms with Gasteiger partial charge in [-0.3, -0.25) is 10.2 Å². The van der Waals surface area contributed by atoms with Crippen molar-refractivity contribution < 1.29 is 4.79 Å². The van der Waals surface area contributed by atoms with E-state index in [0.717, 1.165) is 6.42 Å². The largest absolute Gasteiger partial charge is 0.354 e. The molecule has 0 aromatic carbocycles. The second-order valence-electron chi connectivity index (χ2n) is 3.92. The van der Waals surface area contributed by atoms with Crippen molar-refractivity contribution in [2.45, 2.75) is 38.8 Å². The lowest BCUT2D eigenvalue weighted by molar-refractivity contribution is -0.122. The Kier molecular flexibility index (Phi) is 4.36. The van der Waals surface area contributed by atoms with Gasteiger partial charge in [-0.15, -0.1) is 0 Å². The smallest absolute Gasteiger partial charge is 0.220 e. The van der Waals surface area contributed by atoms with Gasteiger partial charge in [0.05, 0.1) is 6.04 Å². The minimum Gasteiger partial charge on any atom is -0.354 e. The zero-order valence-corrected chi connectivity index (χ0v) is 9.21. The molecule has 1 atom stereocenters. The Bertz CT molecular complexity index is 241. The number of piperidine rings is 1. The molecule has 1 amide bonds. The summed E-state index contributed by atoms with van der Waals surface area (Å²) in [5.41, 5.74) is 2.52. The molecule has 1 rings (SSSR count). The zero-order valence-electron chi connectivity index (χ0n) is 9.21. The van der Waals surface area contributed by atoms with E-state index in [1.807, 2.05) is 13.8 Å². The van der Waals surface area contributed by atoms with E-state index in [0.29, 0.717) is 18.9 Å². The van der Waals surface area contributed by atoms with E-state index in [2.05, 4.69) is 21.1 Å². The molecule has 15 heavy (non-hydrogen) atoms. The maximum atomic E-state index is 10.9. The molecular weight excluding hydrogens is 194 g/mol. The van der Waals surface area contributed by atoms with Crippen LogP contribution in [0.15, 0.2) is 4.99 Å². The molecular formula is C9H19N5O. The van der Waals surface area contributed by atoms with Gasteiger partial charge in [-0.25, -0.2) is 10.8 Å². The number of carbonyl (C=O) groups is 1. The van der Waals surface area contributed by atoms with Crippen LogP contribution >= 0.6 is 0 Å². The van der Waals surface area contributed by atoms with Gasteiger partial charge in [-0.05, 0) is 20.3 Å². The molecule has 0 aromatic heterocycles. The van der Waals surface area contributed by atoms with Crippen LogP contribution < -0.4 is 21.9 Å². The van der Waals surface area contributed by atoms with Crippen LogP contribution in [-0.4, -0.2) is 30.5 Å². The van der Waals surface area contributed by atoms with E-state index in [9.17, 15) is 4.79 Å². The molecule has 0 saturated carbocycles. The molecule has 6 heteroatoms. The molecule has 0 aliphatic carbocycles. The van der Waals surface area contributed by atoms with Gasteiger partial charge < -0.3 is 10.6 Å². The Morgan fingerprint density at radius 1 is 1.67 bits per heavy atom. The molecule has 1 heterocycles. The lowest BCUT2D eigenvalue weighted by atomic mass is 10.1. The summed E-state index contributed by atoms with van der Waals surface area (Å²) in [4.78, 5) is 15.3. The van der Waals surface area contributed by atoms with E-state index < -0.39 is 0 Å². The average Bonchev–Trinajstić information content (AvgIpc) is 2.19. The van der Waals surface area contributed by atoms with Crippen LogP contribution in [0, 0.1) is 0 Å². The fourth-order valence-corrected chi connectivity index (χ4v) is 1.40. The molecule has 0 aromatic rings. The molecule has 0 bridgehead atoms. The van der Waals surface area contributed by atoms with Gasteiger partial charge in [0.15, 0.2) is 0 Å². The van der Waals surface area contributed by atoms with E-state index in [-0.39, 0.29) is 18.0 Å². The van der Waals surface area contributed by atoms with Crippen molar-refractivity contribution >= 4 is 11.9 Å². The second-order valence-corrected chi connectivity index (χ2v) is 3.92. The van der Waals surface area contributed by atoms with Gasteiger partial charge in [0.2, 0.25) is 11.9 Å². The second kappa shape index (κ2) is 5.55. The normalized spacial score (nSPS) is 22.5. The highest BCUT2D eigenvalue weighted by atomic mass is 16.1. The molecule has 1 aliphatic heterocycles. The summed E-state index contributed by atoms with van der Waals surface area (Å²) < 4.78 is 0. The van der Waals surface area contributed by atoms with Crippen LogP contribution in [0.25, 0.3) is 0 Å². The molecule has 1 aliphatic rings. The molecule has 0 radical (unpaired) electrons. The van der Waals surface area contributed by atoms with E-state index in [1.54, 1.807) is 0 Å². The van der Waals surface area contributed by atoms with Gasteiger partial charge in [-0.2, -0.15) is 0 Å². The fourth-order valence-electron chi connectivity index (χ4n) is 1.40. The fraction of sp³-hybridized carbons (Fsp3) is 0.778. The molecule has 1 saturated heterocycles. The minimum absolute atomic E-state index is 0.0977. The van der Waals surface area contributed by atoms with E-state index in [4.69, 9.17) is 5.84 Å². The first kappa shape index (κ1) is 11.8. The van der Waals surface area contributed by atoms with E-state index >= 15 is 0 Å². The number of carbonyl (C=O) groups excluding carboxylic acids is 1. The summed E-state index contributed by atoms with van der Waals surface area (Å²) in [6.07, 6.45) is 1.31. The molecule has 6 nitrogen and oxygen atoms in total. The van der Waals surface area contributed by atoms with Crippen LogP contribution in [0.3, 0.4) is 0 Å². The van der Waals surface area contributed by atoms with Crippen LogP contribution in [0.1, 0.15) is 26.7 Å². The monoisotopic (exact) mass is 213 g/mol. The molecule has 0 spiro atoms. The third kappa shape index (κ3) is 4.16. The number of nitrogens with zero attached hydrogens (tertiary/aromatic N) is 1. The average molecular weight is 213 g/mol. The van der Waals surface area contributed by atoms with Crippen molar-refractivity contribution in [1.29, 1.82) is 0 Å². The first-order valence-electron chi connectivity index (χ1n) is 5.19. The van der Waals surface area contributed by atoms with Crippen molar-refractivity contribution in [2.24, 2.45) is 10.8 Å². The lowest BCUT2D eigenvalue weighted by Gasteiger charge is -2.21. The number of nitrogens with one attached hydrogen (secondary N) is 3. The number of amides is 1. The minimum atomic E-state index is 0.0977. The van der Waals surface area contributed by atoms with Gasteiger partial charge in [0.25, 0.3) is 0 Å². The number of hydrazine groups is 1. The van der Waals surface area contributed by atoms with Crippen LogP contribution in [0.5, 0.6) is 0 Å². The topological polar surface area (TPSA) is 91.5 Å². The molecule has 5 N–H and O–H groups in total. The first-order valence-corrected chi connectivity index (χ1v) is 5.19. The van der Waals surface area contributed by atoms with Crippen LogP contribution in [0.2, 0.25) is 0 Å². The summed E-state index contributed by atoms with van der Waals surface area (Å²) >= 11 is 0. The van der Waals surface area contributed by atoms with Crippen molar-refractivity contribution in [2.75, 3.05) is 6.54 Å². The number of hydrogen-bond acceptors (Lipinski definition) is 3. The first-order chi connectivity index (χ1) is 7.11. The maximum Gasteiger partial charge on any atom is 0.220 e. The summed E-state index contributed by atoms with van der Waals surface area (Å²) in [5, 5.41) is 5.86. The summed E-state index contributed by atoms with van der Waals surface area (Å²) in [6, 6.07) is 0.387. The van der Waals surface area contributed by atoms with Crippen LogP contribution in [0.4, 0.5) is 0 Å². The number of hydrogen-bond donors (Lipinski definition) is 4. The third-order valence-electron chi connectivity index (χ3n) is 2.11. The highest BCUT2D eigenvalue weighted by Crippen LogP contribution is 2.06. The third-order valence-corrected chi connectivity index (χ3v) is 2.11. The molecule has 1 unspecified atom stereocenters. The number of nitrogens with two attached hydrogens (primary N) is 1. The predicted molar refractivity (Wildman–Crippen MR) is 59.1 cm³/mol. The standard InChI is InChI=1S/C9H19N5O/c1-6(2)12-9(14-10)13-7-3-4-8(15)11-5-7/h6-7H,3-5,10H2,1-2H3,(H,11,15)(H2,12,13,14).